The van der Waals surface area contributed by atoms with E-state index in [0.717, 1.165) is 40.5 Å². The highest BCUT2D eigenvalue weighted by atomic mass is 79.9. The molecule has 2 N–H and O–H groups in total. The van der Waals surface area contributed by atoms with Gasteiger partial charge in [-0.25, -0.2) is 0 Å². The van der Waals surface area contributed by atoms with Crippen molar-refractivity contribution in [2.75, 3.05) is 5.32 Å². The standard InChI is InChI=1S/C17H16BrNO2/c1-10(20)19-16-8-12-4-2-3-11(12)7-15(16)14-6-5-13(18)9-17(14)21/h5-9,21H,2-4H2,1H3,(H,19,20). The molecule has 0 fully saturated rings. The first kappa shape index (κ1) is 14.1. The zero-order valence-electron chi connectivity index (χ0n) is 11.7. The van der Waals surface area contributed by atoms with Crippen molar-refractivity contribution in [3.05, 3.63) is 45.9 Å². The van der Waals surface area contributed by atoms with Gasteiger partial charge < -0.3 is 10.4 Å². The minimum atomic E-state index is -0.106. The van der Waals surface area contributed by atoms with E-state index < -0.39 is 0 Å². The van der Waals surface area contributed by atoms with E-state index in [-0.39, 0.29) is 11.7 Å². The quantitative estimate of drug-likeness (QED) is 0.853. The average molecular weight is 346 g/mol. The predicted octanol–water partition coefficient (Wildman–Crippen LogP) is 4.27. The average Bonchev–Trinajstić information content (AvgIpc) is 2.84. The predicted molar refractivity (Wildman–Crippen MR) is 87.6 cm³/mol. The van der Waals surface area contributed by atoms with Crippen LogP contribution in [0.25, 0.3) is 11.1 Å². The Morgan fingerprint density at radius 3 is 2.52 bits per heavy atom. The van der Waals surface area contributed by atoms with Crippen LogP contribution in [0.3, 0.4) is 0 Å². The maximum atomic E-state index is 11.5. The van der Waals surface area contributed by atoms with E-state index in [2.05, 4.69) is 27.3 Å². The van der Waals surface area contributed by atoms with Crippen LogP contribution in [0.4, 0.5) is 5.69 Å². The summed E-state index contributed by atoms with van der Waals surface area (Å²) in [7, 11) is 0. The molecule has 0 bridgehead atoms. The second-order valence-electron chi connectivity index (χ2n) is 5.36. The summed E-state index contributed by atoms with van der Waals surface area (Å²) in [6.45, 7) is 1.50. The topological polar surface area (TPSA) is 49.3 Å². The van der Waals surface area contributed by atoms with Gasteiger partial charge in [-0.3, -0.25) is 4.79 Å². The number of benzene rings is 2. The van der Waals surface area contributed by atoms with Gasteiger partial charge >= 0.3 is 0 Å². The number of fused-ring (bicyclic) bond motifs is 1. The van der Waals surface area contributed by atoms with Crippen LogP contribution in [-0.4, -0.2) is 11.0 Å². The van der Waals surface area contributed by atoms with Gasteiger partial charge in [0.25, 0.3) is 0 Å². The molecule has 0 spiro atoms. The summed E-state index contributed by atoms with van der Waals surface area (Å²) in [5.41, 5.74) is 4.97. The largest absolute Gasteiger partial charge is 0.507 e. The second kappa shape index (κ2) is 5.53. The highest BCUT2D eigenvalue weighted by Gasteiger charge is 2.18. The first-order valence-electron chi connectivity index (χ1n) is 6.97. The van der Waals surface area contributed by atoms with Gasteiger partial charge in [0.05, 0.1) is 0 Å². The van der Waals surface area contributed by atoms with Gasteiger partial charge in [0, 0.05) is 28.2 Å². The number of hydrogen-bond acceptors (Lipinski definition) is 2. The maximum absolute atomic E-state index is 11.5. The van der Waals surface area contributed by atoms with Gasteiger partial charge in [0.15, 0.2) is 0 Å². The molecule has 0 saturated carbocycles. The fourth-order valence-electron chi connectivity index (χ4n) is 2.87. The molecule has 1 aliphatic rings. The lowest BCUT2D eigenvalue weighted by atomic mass is 9.97. The van der Waals surface area contributed by atoms with E-state index in [9.17, 15) is 9.90 Å². The third kappa shape index (κ3) is 2.81. The number of halogens is 1. The molecular formula is C17H16BrNO2. The first-order valence-corrected chi connectivity index (χ1v) is 7.76. The molecular weight excluding hydrogens is 330 g/mol. The maximum Gasteiger partial charge on any atom is 0.221 e. The number of aromatic hydroxyl groups is 1. The van der Waals surface area contributed by atoms with Gasteiger partial charge in [0.1, 0.15) is 5.75 Å². The number of phenolic OH excluding ortho intramolecular Hbond substituents is 1. The van der Waals surface area contributed by atoms with Gasteiger partial charge in [-0.2, -0.15) is 0 Å². The number of hydrogen-bond donors (Lipinski definition) is 2. The Hall–Kier alpha value is -1.81. The molecule has 108 valence electrons. The summed E-state index contributed by atoms with van der Waals surface area (Å²) in [6, 6.07) is 9.55. The summed E-state index contributed by atoms with van der Waals surface area (Å²) in [4.78, 5) is 11.5. The molecule has 3 rings (SSSR count). The minimum Gasteiger partial charge on any atom is -0.507 e. The molecule has 3 nitrogen and oxygen atoms in total. The van der Waals surface area contributed by atoms with Crippen molar-refractivity contribution in [1.29, 1.82) is 0 Å². The van der Waals surface area contributed by atoms with E-state index in [0.29, 0.717) is 0 Å². The Morgan fingerprint density at radius 2 is 1.86 bits per heavy atom. The monoisotopic (exact) mass is 345 g/mol. The molecule has 4 heteroatoms. The van der Waals surface area contributed by atoms with Crippen LogP contribution in [0.1, 0.15) is 24.5 Å². The molecule has 21 heavy (non-hydrogen) atoms. The summed E-state index contributed by atoms with van der Waals surface area (Å²) >= 11 is 3.35. The number of carbonyl (C=O) groups excluding carboxylic acids is 1. The zero-order chi connectivity index (χ0) is 15.0. The lowest BCUT2D eigenvalue weighted by molar-refractivity contribution is -0.114. The van der Waals surface area contributed by atoms with Crippen LogP contribution in [0.15, 0.2) is 34.8 Å². The Balaban J connectivity index is 2.17. The molecule has 0 atom stereocenters. The number of carbonyl (C=O) groups is 1. The molecule has 1 amide bonds. The van der Waals surface area contributed by atoms with Crippen LogP contribution < -0.4 is 5.32 Å². The SMILES string of the molecule is CC(=O)Nc1cc2c(cc1-c1ccc(Br)cc1O)CCC2. The normalized spacial score (nSPS) is 13.0. The van der Waals surface area contributed by atoms with E-state index in [1.807, 2.05) is 18.2 Å². The second-order valence-corrected chi connectivity index (χ2v) is 6.28. The molecule has 2 aromatic rings. The highest BCUT2D eigenvalue weighted by molar-refractivity contribution is 9.10. The number of aryl methyl sites for hydroxylation is 2. The van der Waals surface area contributed by atoms with Crippen molar-refractivity contribution in [2.45, 2.75) is 26.2 Å². The molecule has 0 heterocycles. The third-order valence-electron chi connectivity index (χ3n) is 3.79. The minimum absolute atomic E-state index is 0.106. The zero-order valence-corrected chi connectivity index (χ0v) is 13.3. The highest BCUT2D eigenvalue weighted by Crippen LogP contribution is 2.39. The molecule has 0 saturated heterocycles. The number of phenols is 1. The van der Waals surface area contributed by atoms with Crippen molar-refractivity contribution < 1.29 is 9.90 Å². The Labute approximate surface area is 132 Å². The molecule has 0 unspecified atom stereocenters. The fraction of sp³-hybridized carbons (Fsp3) is 0.235. The number of anilines is 1. The Bertz CT molecular complexity index is 725. The van der Waals surface area contributed by atoms with E-state index in [4.69, 9.17) is 0 Å². The van der Waals surface area contributed by atoms with Crippen molar-refractivity contribution >= 4 is 27.5 Å². The molecule has 0 aromatic heterocycles. The van der Waals surface area contributed by atoms with Crippen LogP contribution in [0, 0.1) is 0 Å². The van der Waals surface area contributed by atoms with Gasteiger partial charge in [-0.05, 0) is 60.7 Å². The lowest BCUT2D eigenvalue weighted by Gasteiger charge is -2.14. The van der Waals surface area contributed by atoms with Crippen LogP contribution in [0.2, 0.25) is 0 Å². The number of amides is 1. The van der Waals surface area contributed by atoms with E-state index >= 15 is 0 Å². The van der Waals surface area contributed by atoms with Crippen molar-refractivity contribution in [3.63, 3.8) is 0 Å². The summed E-state index contributed by atoms with van der Waals surface area (Å²) in [5, 5.41) is 13.1. The lowest BCUT2D eigenvalue weighted by Crippen LogP contribution is -2.07. The first-order chi connectivity index (χ1) is 10.0. The number of rotatable bonds is 2. The van der Waals surface area contributed by atoms with Crippen LogP contribution >= 0.6 is 15.9 Å². The Morgan fingerprint density at radius 1 is 1.14 bits per heavy atom. The third-order valence-corrected chi connectivity index (χ3v) is 4.29. The molecule has 0 radical (unpaired) electrons. The fourth-order valence-corrected chi connectivity index (χ4v) is 3.22. The molecule has 0 aliphatic heterocycles. The van der Waals surface area contributed by atoms with E-state index in [1.54, 1.807) is 6.07 Å². The summed E-state index contributed by atoms with van der Waals surface area (Å²) in [6.07, 6.45) is 3.25. The smallest absolute Gasteiger partial charge is 0.221 e. The molecule has 1 aliphatic carbocycles. The van der Waals surface area contributed by atoms with Crippen molar-refractivity contribution in [3.8, 4) is 16.9 Å². The van der Waals surface area contributed by atoms with Crippen molar-refractivity contribution in [1.82, 2.24) is 0 Å². The van der Waals surface area contributed by atoms with Crippen LogP contribution in [0.5, 0.6) is 5.75 Å². The summed E-state index contributed by atoms with van der Waals surface area (Å²) < 4.78 is 0.825. The van der Waals surface area contributed by atoms with Crippen molar-refractivity contribution in [2.24, 2.45) is 0 Å². The van der Waals surface area contributed by atoms with E-state index in [1.165, 1.54) is 18.1 Å². The number of nitrogens with one attached hydrogen (secondary N) is 1. The van der Waals surface area contributed by atoms with Gasteiger partial charge in [0.2, 0.25) is 5.91 Å². The van der Waals surface area contributed by atoms with Gasteiger partial charge in [-0.1, -0.05) is 15.9 Å². The van der Waals surface area contributed by atoms with Gasteiger partial charge in [-0.15, -0.1) is 0 Å². The summed E-state index contributed by atoms with van der Waals surface area (Å²) in [5.74, 6) is 0.0970. The van der Waals surface area contributed by atoms with Crippen LogP contribution in [-0.2, 0) is 17.6 Å². The Kier molecular flexibility index (Phi) is 3.72. The molecule has 2 aromatic carbocycles.